The van der Waals surface area contributed by atoms with Crippen LogP contribution < -0.4 is 10.6 Å². The molecule has 0 bridgehead atoms. The number of benzene rings is 2. The molecular weight excluding hydrogens is 482 g/mol. The first-order chi connectivity index (χ1) is 17.7. The molecule has 3 rings (SSSR count). The molecule has 2 atom stereocenters. The summed E-state index contributed by atoms with van der Waals surface area (Å²) in [6.07, 6.45) is 1.96. The molecular formula is C30H41N3O5. The second-order valence-corrected chi connectivity index (χ2v) is 12.0. The molecule has 0 aliphatic heterocycles. The van der Waals surface area contributed by atoms with Crippen LogP contribution in [0.2, 0.25) is 0 Å². The fourth-order valence-corrected chi connectivity index (χ4v) is 4.43. The highest BCUT2D eigenvalue weighted by molar-refractivity contribution is 5.93. The maximum Gasteiger partial charge on any atom is 0.408 e. The van der Waals surface area contributed by atoms with Crippen molar-refractivity contribution in [3.05, 3.63) is 65.7 Å². The predicted octanol–water partition coefficient (Wildman–Crippen LogP) is 4.87. The lowest BCUT2D eigenvalue weighted by atomic mass is 9.87. The van der Waals surface area contributed by atoms with Gasteiger partial charge in [-0.3, -0.25) is 9.59 Å². The van der Waals surface area contributed by atoms with Crippen molar-refractivity contribution in [2.75, 3.05) is 0 Å². The summed E-state index contributed by atoms with van der Waals surface area (Å²) in [5, 5.41) is 16.0. The van der Waals surface area contributed by atoms with Gasteiger partial charge in [-0.15, -0.1) is 0 Å². The van der Waals surface area contributed by atoms with Crippen LogP contribution in [0.15, 0.2) is 54.6 Å². The van der Waals surface area contributed by atoms with Crippen LogP contribution in [-0.2, 0) is 20.7 Å². The number of nitrogens with zero attached hydrogens (tertiary/aromatic N) is 1. The average Bonchev–Trinajstić information content (AvgIpc) is 2.75. The third-order valence-corrected chi connectivity index (χ3v) is 6.20. The molecule has 2 unspecified atom stereocenters. The molecule has 2 aromatic rings. The highest BCUT2D eigenvalue weighted by Gasteiger charge is 2.42. The second kappa shape index (κ2) is 11.9. The summed E-state index contributed by atoms with van der Waals surface area (Å²) in [5.41, 5.74) is 0.0826. The van der Waals surface area contributed by atoms with Crippen molar-refractivity contribution in [2.45, 2.75) is 96.5 Å². The van der Waals surface area contributed by atoms with Gasteiger partial charge < -0.3 is 25.4 Å². The molecule has 2 aromatic carbocycles. The van der Waals surface area contributed by atoms with E-state index >= 15 is 0 Å². The van der Waals surface area contributed by atoms with Crippen molar-refractivity contribution in [3.63, 3.8) is 0 Å². The van der Waals surface area contributed by atoms with Gasteiger partial charge in [0.1, 0.15) is 23.4 Å². The number of rotatable bonds is 8. The monoisotopic (exact) mass is 523 g/mol. The number of aromatic hydroxyl groups is 1. The largest absolute Gasteiger partial charge is 0.508 e. The summed E-state index contributed by atoms with van der Waals surface area (Å²) in [6.45, 7) is 10.9. The van der Waals surface area contributed by atoms with E-state index < -0.39 is 29.3 Å². The van der Waals surface area contributed by atoms with Crippen molar-refractivity contribution < 1.29 is 24.2 Å². The number of nitrogens with one attached hydrogen (secondary N) is 2. The predicted molar refractivity (Wildman–Crippen MR) is 147 cm³/mol. The Morgan fingerprint density at radius 2 is 1.66 bits per heavy atom. The van der Waals surface area contributed by atoms with E-state index in [0.29, 0.717) is 5.56 Å². The van der Waals surface area contributed by atoms with Crippen LogP contribution in [0.25, 0.3) is 0 Å². The number of hydrogen-bond donors (Lipinski definition) is 3. The molecule has 3 N–H and O–H groups in total. The maximum atomic E-state index is 14.4. The smallest absolute Gasteiger partial charge is 0.408 e. The summed E-state index contributed by atoms with van der Waals surface area (Å²) in [5.74, 6) is -0.717. The minimum absolute atomic E-state index is 0.00443. The summed E-state index contributed by atoms with van der Waals surface area (Å²) >= 11 is 0. The van der Waals surface area contributed by atoms with Crippen LogP contribution in [0.3, 0.4) is 0 Å². The Hall–Kier alpha value is -3.55. The number of phenols is 1. The van der Waals surface area contributed by atoms with E-state index in [2.05, 4.69) is 10.6 Å². The molecule has 206 valence electrons. The lowest BCUT2D eigenvalue weighted by Gasteiger charge is -2.44. The molecule has 1 aliphatic carbocycles. The SMILES string of the molecule is CC(C)(C)NC(=O)C(c1cccc(O)c1)N(C(=O)C(Cc1ccccc1)NC(=O)OC(C)(C)C)C1CCC1. The van der Waals surface area contributed by atoms with Gasteiger partial charge in [0, 0.05) is 18.0 Å². The highest BCUT2D eigenvalue weighted by Crippen LogP contribution is 2.35. The number of ether oxygens (including phenoxy) is 1. The van der Waals surface area contributed by atoms with Crippen LogP contribution in [0.1, 0.15) is 78.0 Å². The molecule has 0 spiro atoms. The Kier molecular flexibility index (Phi) is 9.07. The topological polar surface area (TPSA) is 108 Å². The molecule has 3 amide bonds. The van der Waals surface area contributed by atoms with Crippen LogP contribution in [0.4, 0.5) is 4.79 Å². The van der Waals surface area contributed by atoms with Crippen molar-refractivity contribution in [2.24, 2.45) is 0 Å². The van der Waals surface area contributed by atoms with E-state index in [1.165, 1.54) is 12.1 Å². The molecule has 8 nitrogen and oxygen atoms in total. The molecule has 38 heavy (non-hydrogen) atoms. The van der Waals surface area contributed by atoms with Gasteiger partial charge in [0.05, 0.1) is 0 Å². The Morgan fingerprint density at radius 3 is 2.18 bits per heavy atom. The fourth-order valence-electron chi connectivity index (χ4n) is 4.43. The first-order valence-electron chi connectivity index (χ1n) is 13.2. The van der Waals surface area contributed by atoms with Crippen molar-refractivity contribution >= 4 is 17.9 Å². The molecule has 0 heterocycles. The Morgan fingerprint density at radius 1 is 1.00 bits per heavy atom. The van der Waals surface area contributed by atoms with Gasteiger partial charge in [-0.05, 0) is 84.1 Å². The number of hydrogen-bond acceptors (Lipinski definition) is 5. The molecule has 8 heteroatoms. The van der Waals surface area contributed by atoms with Crippen molar-refractivity contribution in [3.8, 4) is 5.75 Å². The van der Waals surface area contributed by atoms with Crippen molar-refractivity contribution in [1.29, 1.82) is 0 Å². The number of carbonyl (C=O) groups is 3. The lowest BCUT2D eigenvalue weighted by Crippen LogP contribution is -2.59. The Balaban J connectivity index is 2.04. The number of amides is 3. The molecule has 1 aliphatic rings. The van der Waals surface area contributed by atoms with Gasteiger partial charge in [0.2, 0.25) is 11.8 Å². The van der Waals surface area contributed by atoms with E-state index in [4.69, 9.17) is 4.74 Å². The van der Waals surface area contributed by atoms with Gasteiger partial charge in [0.25, 0.3) is 0 Å². The normalized spacial score (nSPS) is 15.5. The average molecular weight is 524 g/mol. The van der Waals surface area contributed by atoms with E-state index in [0.717, 1.165) is 24.8 Å². The molecule has 0 radical (unpaired) electrons. The zero-order valence-corrected chi connectivity index (χ0v) is 23.3. The van der Waals surface area contributed by atoms with E-state index in [1.54, 1.807) is 37.8 Å². The standard InChI is InChI=1S/C30H41N3O5/c1-29(2,3)32-26(35)25(21-14-10-17-23(34)19-21)33(22-15-11-16-22)27(36)24(18-20-12-8-7-9-13-20)31-28(37)38-30(4,5)6/h7-10,12-14,17,19,22,24-25,34H,11,15-16,18H2,1-6H3,(H,31,37)(H,32,35). The van der Waals surface area contributed by atoms with Gasteiger partial charge in [-0.2, -0.15) is 0 Å². The third kappa shape index (κ3) is 8.23. The first kappa shape index (κ1) is 29.0. The van der Waals surface area contributed by atoms with Gasteiger partial charge >= 0.3 is 6.09 Å². The van der Waals surface area contributed by atoms with Crippen LogP contribution in [0, 0.1) is 0 Å². The quantitative estimate of drug-likeness (QED) is 0.458. The highest BCUT2D eigenvalue weighted by atomic mass is 16.6. The summed E-state index contributed by atoms with van der Waals surface area (Å²) in [4.78, 5) is 42.5. The Labute approximate surface area is 225 Å². The lowest BCUT2D eigenvalue weighted by molar-refractivity contribution is -0.148. The van der Waals surface area contributed by atoms with Gasteiger partial charge in [0.15, 0.2) is 0 Å². The molecule has 1 fully saturated rings. The second-order valence-electron chi connectivity index (χ2n) is 12.0. The van der Waals surface area contributed by atoms with Gasteiger partial charge in [-0.1, -0.05) is 42.5 Å². The van der Waals surface area contributed by atoms with Crippen molar-refractivity contribution in [1.82, 2.24) is 15.5 Å². The van der Waals surface area contributed by atoms with E-state index in [1.807, 2.05) is 51.1 Å². The number of phenolic OH excluding ortho intramolecular Hbond substituents is 1. The van der Waals surface area contributed by atoms with Crippen LogP contribution in [0.5, 0.6) is 5.75 Å². The fraction of sp³-hybridized carbons (Fsp3) is 0.500. The minimum atomic E-state index is -0.988. The first-order valence-corrected chi connectivity index (χ1v) is 13.2. The van der Waals surface area contributed by atoms with Crippen LogP contribution >= 0.6 is 0 Å². The summed E-state index contributed by atoms with van der Waals surface area (Å²) in [7, 11) is 0. The van der Waals surface area contributed by atoms with E-state index in [9.17, 15) is 19.5 Å². The number of alkyl carbamates (subject to hydrolysis) is 1. The van der Waals surface area contributed by atoms with Gasteiger partial charge in [-0.25, -0.2) is 4.79 Å². The summed E-state index contributed by atoms with van der Waals surface area (Å²) < 4.78 is 5.48. The maximum absolute atomic E-state index is 14.4. The summed E-state index contributed by atoms with van der Waals surface area (Å²) in [6, 6.07) is 13.7. The zero-order chi connectivity index (χ0) is 28.1. The molecule has 0 saturated heterocycles. The molecule has 0 aromatic heterocycles. The minimum Gasteiger partial charge on any atom is -0.508 e. The zero-order valence-electron chi connectivity index (χ0n) is 23.3. The number of carbonyl (C=O) groups excluding carboxylic acids is 3. The molecule has 1 saturated carbocycles. The third-order valence-electron chi connectivity index (χ3n) is 6.20. The van der Waals surface area contributed by atoms with E-state index in [-0.39, 0.29) is 30.0 Å². The Bertz CT molecular complexity index is 1120. The van der Waals surface area contributed by atoms with Crippen LogP contribution in [-0.4, -0.2) is 51.1 Å².